The standard InChI is InChI=1S/C9H16N4O3S/c14-17(15,12-9-1-7-16-11-9)8-6-13-4-2-10-3-5-13/h1,7,10H,2-6,8H2,(H,11,12). The molecule has 2 heterocycles. The van der Waals surface area contributed by atoms with Crippen molar-refractivity contribution in [2.75, 3.05) is 43.2 Å². The molecule has 0 unspecified atom stereocenters. The first-order valence-electron chi connectivity index (χ1n) is 5.50. The molecule has 2 rings (SSSR count). The van der Waals surface area contributed by atoms with Crippen LogP contribution in [0.1, 0.15) is 0 Å². The molecule has 0 bridgehead atoms. The SMILES string of the molecule is O=S(=O)(CCN1CCNCC1)Nc1ccon1. The fraction of sp³-hybridized carbons (Fsp3) is 0.667. The van der Waals surface area contributed by atoms with Gasteiger partial charge >= 0.3 is 0 Å². The highest BCUT2D eigenvalue weighted by molar-refractivity contribution is 7.92. The zero-order chi connectivity index (χ0) is 12.1. The first-order valence-corrected chi connectivity index (χ1v) is 7.15. The average molecular weight is 260 g/mol. The Bertz CT molecular complexity index is 425. The van der Waals surface area contributed by atoms with Crippen molar-refractivity contribution >= 4 is 15.8 Å². The highest BCUT2D eigenvalue weighted by Gasteiger charge is 2.16. The van der Waals surface area contributed by atoms with Gasteiger partial charge in [-0.15, -0.1) is 0 Å². The van der Waals surface area contributed by atoms with E-state index in [0.29, 0.717) is 6.54 Å². The third-order valence-corrected chi connectivity index (χ3v) is 3.82. The van der Waals surface area contributed by atoms with E-state index < -0.39 is 10.0 Å². The number of sulfonamides is 1. The van der Waals surface area contributed by atoms with Crippen LogP contribution in [0.25, 0.3) is 0 Å². The molecular formula is C9H16N4O3S. The van der Waals surface area contributed by atoms with Crippen LogP contribution in [0.3, 0.4) is 0 Å². The molecular weight excluding hydrogens is 244 g/mol. The maximum atomic E-state index is 11.7. The van der Waals surface area contributed by atoms with E-state index in [4.69, 9.17) is 0 Å². The van der Waals surface area contributed by atoms with Crippen LogP contribution in [0.15, 0.2) is 16.9 Å². The topological polar surface area (TPSA) is 87.5 Å². The zero-order valence-electron chi connectivity index (χ0n) is 9.42. The van der Waals surface area contributed by atoms with Gasteiger partial charge in [-0.2, -0.15) is 0 Å². The highest BCUT2D eigenvalue weighted by Crippen LogP contribution is 2.05. The van der Waals surface area contributed by atoms with E-state index in [9.17, 15) is 8.42 Å². The molecule has 1 saturated heterocycles. The van der Waals surface area contributed by atoms with Gasteiger partial charge in [-0.25, -0.2) is 8.42 Å². The number of aromatic nitrogens is 1. The van der Waals surface area contributed by atoms with Crippen LogP contribution < -0.4 is 10.0 Å². The van der Waals surface area contributed by atoms with Crippen molar-refractivity contribution in [1.29, 1.82) is 0 Å². The van der Waals surface area contributed by atoms with Gasteiger partial charge in [-0.1, -0.05) is 5.16 Å². The summed E-state index contributed by atoms with van der Waals surface area (Å²) in [7, 11) is -3.34. The van der Waals surface area contributed by atoms with E-state index in [0.717, 1.165) is 26.2 Å². The Hall–Kier alpha value is -1.12. The number of nitrogens with one attached hydrogen (secondary N) is 2. The van der Waals surface area contributed by atoms with E-state index in [1.165, 1.54) is 12.3 Å². The molecule has 0 spiro atoms. The molecule has 1 aromatic rings. The Morgan fingerprint density at radius 2 is 2.24 bits per heavy atom. The summed E-state index contributed by atoms with van der Waals surface area (Å²) in [4.78, 5) is 2.12. The van der Waals surface area contributed by atoms with Gasteiger partial charge in [0, 0.05) is 38.8 Å². The van der Waals surface area contributed by atoms with Gasteiger partial charge in [0.25, 0.3) is 0 Å². The molecule has 7 nitrogen and oxygen atoms in total. The van der Waals surface area contributed by atoms with Crippen LogP contribution in [0, 0.1) is 0 Å². The highest BCUT2D eigenvalue weighted by atomic mass is 32.2. The number of hydrogen-bond acceptors (Lipinski definition) is 6. The predicted octanol–water partition coefficient (Wildman–Crippen LogP) is -0.678. The molecule has 1 fully saturated rings. The minimum Gasteiger partial charge on any atom is -0.363 e. The van der Waals surface area contributed by atoms with Crippen molar-refractivity contribution in [3.8, 4) is 0 Å². The van der Waals surface area contributed by atoms with E-state index in [2.05, 4.69) is 24.6 Å². The maximum Gasteiger partial charge on any atom is 0.235 e. The van der Waals surface area contributed by atoms with Gasteiger partial charge in [-0.3, -0.25) is 9.62 Å². The summed E-state index contributed by atoms with van der Waals surface area (Å²) in [5.41, 5.74) is 0. The Morgan fingerprint density at radius 3 is 2.88 bits per heavy atom. The normalized spacial score (nSPS) is 18.1. The second kappa shape index (κ2) is 5.48. The van der Waals surface area contributed by atoms with Crippen LogP contribution in [-0.4, -0.2) is 57.0 Å². The molecule has 0 aromatic carbocycles. The minimum atomic E-state index is -3.34. The van der Waals surface area contributed by atoms with E-state index in [1.54, 1.807) is 0 Å². The number of nitrogens with zero attached hydrogens (tertiary/aromatic N) is 2. The van der Waals surface area contributed by atoms with Crippen LogP contribution in [0.5, 0.6) is 0 Å². The summed E-state index contributed by atoms with van der Waals surface area (Å²) in [6.07, 6.45) is 1.33. The van der Waals surface area contributed by atoms with Crippen molar-refractivity contribution in [1.82, 2.24) is 15.4 Å². The van der Waals surface area contributed by atoms with E-state index in [-0.39, 0.29) is 11.6 Å². The van der Waals surface area contributed by atoms with Crippen molar-refractivity contribution < 1.29 is 12.9 Å². The van der Waals surface area contributed by atoms with Crippen LogP contribution >= 0.6 is 0 Å². The lowest BCUT2D eigenvalue weighted by molar-refractivity contribution is 0.254. The molecule has 1 aliphatic rings. The van der Waals surface area contributed by atoms with Crippen LogP contribution in [0.2, 0.25) is 0 Å². The lowest BCUT2D eigenvalue weighted by atomic mass is 10.4. The minimum absolute atomic E-state index is 0.0693. The molecule has 1 aromatic heterocycles. The maximum absolute atomic E-state index is 11.7. The number of hydrogen-bond donors (Lipinski definition) is 2. The molecule has 0 saturated carbocycles. The Balaban J connectivity index is 1.80. The van der Waals surface area contributed by atoms with Crippen molar-refractivity contribution in [2.45, 2.75) is 0 Å². The van der Waals surface area contributed by atoms with Gasteiger partial charge in [0.2, 0.25) is 10.0 Å². The first-order chi connectivity index (χ1) is 8.16. The van der Waals surface area contributed by atoms with Gasteiger partial charge in [0.15, 0.2) is 5.82 Å². The zero-order valence-corrected chi connectivity index (χ0v) is 10.2. The summed E-state index contributed by atoms with van der Waals surface area (Å²) < 4.78 is 30.3. The largest absolute Gasteiger partial charge is 0.363 e. The van der Waals surface area contributed by atoms with E-state index >= 15 is 0 Å². The number of anilines is 1. The second-order valence-corrected chi connectivity index (χ2v) is 5.74. The molecule has 96 valence electrons. The lowest BCUT2D eigenvalue weighted by Crippen LogP contribution is -2.45. The molecule has 8 heteroatoms. The van der Waals surface area contributed by atoms with E-state index in [1.807, 2.05) is 0 Å². The first kappa shape index (κ1) is 12.3. The summed E-state index contributed by atoms with van der Waals surface area (Å²) >= 11 is 0. The summed E-state index contributed by atoms with van der Waals surface area (Å²) in [5.74, 6) is 0.296. The molecule has 1 aliphatic heterocycles. The third-order valence-electron chi connectivity index (χ3n) is 2.58. The summed E-state index contributed by atoms with van der Waals surface area (Å²) in [6.45, 7) is 4.14. The fourth-order valence-electron chi connectivity index (χ4n) is 1.66. The molecule has 0 atom stereocenters. The quantitative estimate of drug-likeness (QED) is 0.729. The molecule has 0 radical (unpaired) electrons. The fourth-order valence-corrected chi connectivity index (χ4v) is 2.68. The third kappa shape index (κ3) is 3.99. The van der Waals surface area contributed by atoms with Gasteiger partial charge < -0.3 is 9.84 Å². The molecule has 0 amide bonds. The second-order valence-electron chi connectivity index (χ2n) is 3.90. The molecule has 17 heavy (non-hydrogen) atoms. The van der Waals surface area contributed by atoms with Crippen molar-refractivity contribution in [3.63, 3.8) is 0 Å². The summed E-state index contributed by atoms with van der Waals surface area (Å²) in [5, 5.41) is 6.73. The average Bonchev–Trinajstić information content (AvgIpc) is 2.80. The Kier molecular flexibility index (Phi) is 3.97. The smallest absolute Gasteiger partial charge is 0.235 e. The Labute approximate surface area is 100 Å². The Morgan fingerprint density at radius 1 is 1.47 bits per heavy atom. The summed E-state index contributed by atoms with van der Waals surface area (Å²) in [6, 6.07) is 1.47. The monoisotopic (exact) mass is 260 g/mol. The van der Waals surface area contributed by atoms with Crippen molar-refractivity contribution in [3.05, 3.63) is 12.3 Å². The predicted molar refractivity (Wildman–Crippen MR) is 63.2 cm³/mol. The van der Waals surface area contributed by atoms with Gasteiger partial charge in [-0.05, 0) is 0 Å². The molecule has 2 N–H and O–H groups in total. The van der Waals surface area contributed by atoms with Gasteiger partial charge in [0.05, 0.1) is 5.75 Å². The molecule has 0 aliphatic carbocycles. The van der Waals surface area contributed by atoms with Crippen molar-refractivity contribution in [2.24, 2.45) is 0 Å². The number of rotatable bonds is 5. The van der Waals surface area contributed by atoms with Gasteiger partial charge in [0.1, 0.15) is 6.26 Å². The number of piperazine rings is 1. The van der Waals surface area contributed by atoms with Crippen LogP contribution in [-0.2, 0) is 10.0 Å². The van der Waals surface area contributed by atoms with Crippen LogP contribution in [0.4, 0.5) is 5.82 Å². The lowest BCUT2D eigenvalue weighted by Gasteiger charge is -2.26.